The highest BCUT2D eigenvalue weighted by Crippen LogP contribution is 2.33. The molecular formula is C17H19N3O2S2. The summed E-state index contributed by atoms with van der Waals surface area (Å²) in [5.41, 5.74) is 1.93. The minimum atomic E-state index is -0.0828. The third-order valence-corrected chi connectivity index (χ3v) is 6.56. The van der Waals surface area contributed by atoms with Crippen molar-refractivity contribution in [1.82, 2.24) is 14.9 Å². The van der Waals surface area contributed by atoms with E-state index in [4.69, 9.17) is 4.98 Å². The van der Waals surface area contributed by atoms with Gasteiger partial charge in [-0.3, -0.25) is 14.2 Å². The topological polar surface area (TPSA) is 64.0 Å². The Labute approximate surface area is 148 Å². The standard InChI is InChI=1S/C17H19N3O2S2/c21-15(18-9-12-4-3-7-23-12)8-11-10-24-17-19-14-6-2-1-5-13(14)16(22)20(11)17/h3-4,7,11H,1-2,5-6,8-10H2,(H,18,21). The van der Waals surface area contributed by atoms with Gasteiger partial charge in [0.1, 0.15) is 0 Å². The molecule has 2 aromatic rings. The molecule has 1 aliphatic heterocycles. The summed E-state index contributed by atoms with van der Waals surface area (Å²) in [6, 6.07) is 3.90. The molecule has 1 aliphatic carbocycles. The van der Waals surface area contributed by atoms with Crippen molar-refractivity contribution in [3.05, 3.63) is 44.0 Å². The summed E-state index contributed by atoms with van der Waals surface area (Å²) in [6.07, 6.45) is 4.24. The van der Waals surface area contributed by atoms with Crippen LogP contribution < -0.4 is 10.9 Å². The number of thioether (sulfide) groups is 1. The minimum Gasteiger partial charge on any atom is -0.351 e. The van der Waals surface area contributed by atoms with Crippen LogP contribution in [0.5, 0.6) is 0 Å². The van der Waals surface area contributed by atoms with Crippen molar-refractivity contribution in [1.29, 1.82) is 0 Å². The first-order valence-electron chi connectivity index (χ1n) is 8.28. The molecule has 0 spiro atoms. The average Bonchev–Trinajstić information content (AvgIpc) is 3.23. The van der Waals surface area contributed by atoms with Crippen molar-refractivity contribution in [2.75, 3.05) is 5.75 Å². The summed E-state index contributed by atoms with van der Waals surface area (Å²) < 4.78 is 1.76. The van der Waals surface area contributed by atoms with Crippen molar-refractivity contribution < 1.29 is 4.79 Å². The molecule has 0 fully saturated rings. The van der Waals surface area contributed by atoms with Gasteiger partial charge in [-0.1, -0.05) is 17.8 Å². The molecule has 0 radical (unpaired) electrons. The number of carbonyl (C=O) groups excluding carboxylic acids is 1. The fourth-order valence-corrected chi connectivity index (χ4v) is 5.15. The van der Waals surface area contributed by atoms with E-state index >= 15 is 0 Å². The molecule has 1 unspecified atom stereocenters. The van der Waals surface area contributed by atoms with Crippen LogP contribution >= 0.6 is 23.1 Å². The first kappa shape index (κ1) is 15.9. The van der Waals surface area contributed by atoms with Gasteiger partial charge in [0, 0.05) is 22.6 Å². The second kappa shape index (κ2) is 6.72. The van der Waals surface area contributed by atoms with Crippen LogP contribution in [0.2, 0.25) is 0 Å². The number of aryl methyl sites for hydroxylation is 1. The third-order valence-electron chi connectivity index (χ3n) is 4.58. The Bertz CT molecular complexity index is 814. The quantitative estimate of drug-likeness (QED) is 0.850. The van der Waals surface area contributed by atoms with Gasteiger partial charge < -0.3 is 5.32 Å². The van der Waals surface area contributed by atoms with Crippen molar-refractivity contribution in [2.45, 2.75) is 49.8 Å². The summed E-state index contributed by atoms with van der Waals surface area (Å²) in [5.74, 6) is 0.740. The third kappa shape index (κ3) is 3.02. The van der Waals surface area contributed by atoms with Crippen LogP contribution in [0, 0.1) is 0 Å². The Balaban J connectivity index is 1.49. The fraction of sp³-hybridized carbons (Fsp3) is 0.471. The molecule has 1 amide bonds. The van der Waals surface area contributed by atoms with Gasteiger partial charge in [-0.25, -0.2) is 4.98 Å². The summed E-state index contributed by atoms with van der Waals surface area (Å²) in [6.45, 7) is 0.556. The predicted molar refractivity (Wildman–Crippen MR) is 95.7 cm³/mol. The molecule has 1 N–H and O–H groups in total. The number of amides is 1. The number of aromatic nitrogens is 2. The van der Waals surface area contributed by atoms with Gasteiger partial charge in [0.05, 0.1) is 18.3 Å². The van der Waals surface area contributed by atoms with Crippen LogP contribution in [0.15, 0.2) is 27.5 Å². The first-order valence-corrected chi connectivity index (χ1v) is 10.1. The van der Waals surface area contributed by atoms with Crippen LogP contribution in [0.25, 0.3) is 0 Å². The van der Waals surface area contributed by atoms with Crippen molar-refractivity contribution in [2.24, 2.45) is 0 Å². The number of nitrogens with one attached hydrogen (secondary N) is 1. The molecule has 3 heterocycles. The van der Waals surface area contributed by atoms with Gasteiger partial charge in [-0.05, 0) is 37.1 Å². The molecular weight excluding hydrogens is 342 g/mol. The molecule has 2 aromatic heterocycles. The van der Waals surface area contributed by atoms with E-state index in [9.17, 15) is 9.59 Å². The molecule has 0 aromatic carbocycles. The molecule has 24 heavy (non-hydrogen) atoms. The number of hydrogen-bond acceptors (Lipinski definition) is 5. The van der Waals surface area contributed by atoms with Crippen molar-refractivity contribution >= 4 is 29.0 Å². The number of fused-ring (bicyclic) bond motifs is 2. The number of carbonyl (C=O) groups is 1. The van der Waals surface area contributed by atoms with E-state index < -0.39 is 0 Å². The van der Waals surface area contributed by atoms with E-state index in [0.717, 1.165) is 52.7 Å². The maximum absolute atomic E-state index is 12.8. The van der Waals surface area contributed by atoms with E-state index in [2.05, 4.69) is 5.32 Å². The SMILES string of the molecule is O=C(CC1CSc2nc3c(c(=O)n21)CCCC3)NCc1cccs1. The summed E-state index contributed by atoms with van der Waals surface area (Å²) in [4.78, 5) is 30.9. The molecule has 126 valence electrons. The monoisotopic (exact) mass is 361 g/mol. The molecule has 0 bridgehead atoms. The maximum atomic E-state index is 12.8. The summed E-state index contributed by atoms with van der Waals surface area (Å²) in [5, 5.41) is 5.74. The number of rotatable bonds is 4. The van der Waals surface area contributed by atoms with Gasteiger partial charge in [-0.2, -0.15) is 0 Å². The van der Waals surface area contributed by atoms with Crippen LogP contribution in [0.3, 0.4) is 0 Å². The van der Waals surface area contributed by atoms with E-state index in [1.165, 1.54) is 0 Å². The van der Waals surface area contributed by atoms with E-state index in [0.29, 0.717) is 13.0 Å². The van der Waals surface area contributed by atoms with Crippen molar-refractivity contribution in [3.8, 4) is 0 Å². The minimum absolute atomic E-state index is 0.00790. The van der Waals surface area contributed by atoms with Gasteiger partial charge in [0.15, 0.2) is 5.16 Å². The Hall–Kier alpha value is -1.60. The van der Waals surface area contributed by atoms with Crippen LogP contribution in [-0.2, 0) is 24.2 Å². The smallest absolute Gasteiger partial charge is 0.257 e. The molecule has 7 heteroatoms. The highest BCUT2D eigenvalue weighted by Gasteiger charge is 2.30. The lowest BCUT2D eigenvalue weighted by Crippen LogP contribution is -2.33. The fourth-order valence-electron chi connectivity index (χ4n) is 3.35. The lowest BCUT2D eigenvalue weighted by molar-refractivity contribution is -0.121. The van der Waals surface area contributed by atoms with Gasteiger partial charge in [0.2, 0.25) is 5.91 Å². The van der Waals surface area contributed by atoms with E-state index in [1.54, 1.807) is 27.7 Å². The molecule has 4 rings (SSSR count). The second-order valence-electron chi connectivity index (χ2n) is 6.23. The lowest BCUT2D eigenvalue weighted by Gasteiger charge is -2.18. The normalized spacial score (nSPS) is 18.9. The van der Waals surface area contributed by atoms with Crippen molar-refractivity contribution in [3.63, 3.8) is 0 Å². The van der Waals surface area contributed by atoms with Gasteiger partial charge >= 0.3 is 0 Å². The average molecular weight is 361 g/mol. The highest BCUT2D eigenvalue weighted by molar-refractivity contribution is 7.99. The lowest BCUT2D eigenvalue weighted by atomic mass is 9.97. The number of nitrogens with zero attached hydrogens (tertiary/aromatic N) is 2. The zero-order valence-electron chi connectivity index (χ0n) is 13.3. The van der Waals surface area contributed by atoms with Crippen LogP contribution in [0.4, 0.5) is 0 Å². The van der Waals surface area contributed by atoms with Crippen LogP contribution in [0.1, 0.15) is 41.4 Å². The Kier molecular flexibility index (Phi) is 4.45. The summed E-state index contributed by atoms with van der Waals surface area (Å²) >= 11 is 3.22. The predicted octanol–water partition coefficient (Wildman–Crippen LogP) is 2.54. The molecule has 0 saturated carbocycles. The zero-order chi connectivity index (χ0) is 16.5. The number of thiophene rings is 1. The van der Waals surface area contributed by atoms with Gasteiger partial charge in [0.25, 0.3) is 5.56 Å². The highest BCUT2D eigenvalue weighted by atomic mass is 32.2. The Morgan fingerprint density at radius 3 is 3.08 bits per heavy atom. The first-order chi connectivity index (χ1) is 11.7. The Morgan fingerprint density at radius 1 is 1.38 bits per heavy atom. The largest absolute Gasteiger partial charge is 0.351 e. The molecule has 0 saturated heterocycles. The van der Waals surface area contributed by atoms with E-state index in [1.807, 2.05) is 17.5 Å². The van der Waals surface area contributed by atoms with Crippen LogP contribution in [-0.4, -0.2) is 21.2 Å². The maximum Gasteiger partial charge on any atom is 0.257 e. The second-order valence-corrected chi connectivity index (χ2v) is 8.25. The Morgan fingerprint density at radius 2 is 2.25 bits per heavy atom. The molecule has 1 atom stereocenters. The zero-order valence-corrected chi connectivity index (χ0v) is 14.9. The van der Waals surface area contributed by atoms with Gasteiger partial charge in [-0.15, -0.1) is 11.3 Å². The number of hydrogen-bond donors (Lipinski definition) is 1. The molecule has 2 aliphatic rings. The summed E-state index contributed by atoms with van der Waals surface area (Å²) in [7, 11) is 0. The molecule has 5 nitrogen and oxygen atoms in total. The van der Waals surface area contributed by atoms with E-state index in [-0.39, 0.29) is 17.5 Å².